The highest BCUT2D eigenvalue weighted by Crippen LogP contribution is 2.21. The summed E-state index contributed by atoms with van der Waals surface area (Å²) in [5.74, 6) is 0.740. The largest absolute Gasteiger partial charge is 0.382 e. The predicted octanol–water partition coefficient (Wildman–Crippen LogP) is 3.06. The molecular weight excluding hydrogens is 534 g/mol. The zero-order chi connectivity index (χ0) is 22.9. The second-order valence-electron chi connectivity index (χ2n) is 8.07. The number of nitrogens with two attached hydrogens (primary N) is 1. The molecule has 0 radical (unpaired) electrons. The lowest BCUT2D eigenvalue weighted by molar-refractivity contribution is 0.206. The Morgan fingerprint density at radius 3 is 2.61 bits per heavy atom. The number of aromatic nitrogens is 2. The van der Waals surface area contributed by atoms with Gasteiger partial charge in [-0.15, -0.1) is 24.0 Å². The Bertz CT molecular complexity index is 943. The van der Waals surface area contributed by atoms with Gasteiger partial charge in [-0.2, -0.15) is 10.4 Å². The summed E-state index contributed by atoms with van der Waals surface area (Å²) in [5, 5.41) is 20.9. The number of aryl methyl sites for hydroxylation is 1. The number of aliphatic imine (C=N–C) groups is 1. The standard InChI is InChI=1S/C23H33FN8.HI/c1-3-13-31-14-10-18(11-15-31)29-23(27-2)28-12-4-5-21-20(16-25)22(26)32(30-21)19-8-6-17(24)7-9-19;/h6-9,18H,3-5,10-15,26H2,1-2H3,(H2,27,28,29);1H. The van der Waals surface area contributed by atoms with Crippen LogP contribution in [0.15, 0.2) is 29.3 Å². The first-order chi connectivity index (χ1) is 15.5. The van der Waals surface area contributed by atoms with Crippen molar-refractivity contribution in [3.63, 3.8) is 0 Å². The number of anilines is 1. The summed E-state index contributed by atoms with van der Waals surface area (Å²) in [7, 11) is 1.78. The van der Waals surface area contributed by atoms with Crippen LogP contribution in [0.5, 0.6) is 0 Å². The Balaban J connectivity index is 0.00000385. The van der Waals surface area contributed by atoms with Crippen molar-refractivity contribution in [3.8, 4) is 11.8 Å². The number of benzene rings is 1. The average molecular weight is 568 g/mol. The van der Waals surface area contributed by atoms with Gasteiger partial charge in [0.1, 0.15) is 23.3 Å². The molecule has 0 bridgehead atoms. The van der Waals surface area contributed by atoms with Crippen LogP contribution in [-0.2, 0) is 6.42 Å². The van der Waals surface area contributed by atoms with Crippen LogP contribution in [0.2, 0.25) is 0 Å². The third kappa shape index (κ3) is 7.30. The molecule has 1 saturated heterocycles. The lowest BCUT2D eigenvalue weighted by Gasteiger charge is -2.32. The zero-order valence-corrected chi connectivity index (χ0v) is 21.7. The molecule has 2 aromatic rings. The number of hydrogen-bond donors (Lipinski definition) is 3. The monoisotopic (exact) mass is 568 g/mol. The first-order valence-corrected chi connectivity index (χ1v) is 11.3. The lowest BCUT2D eigenvalue weighted by atomic mass is 10.1. The van der Waals surface area contributed by atoms with Gasteiger partial charge in [0, 0.05) is 32.7 Å². The number of halogens is 2. The van der Waals surface area contributed by atoms with Gasteiger partial charge in [0.25, 0.3) is 0 Å². The SMILES string of the molecule is CCCN1CCC(NC(=NC)NCCCc2nn(-c3ccc(F)cc3)c(N)c2C#N)CC1.I. The molecule has 0 amide bonds. The van der Waals surface area contributed by atoms with Crippen molar-refractivity contribution >= 4 is 35.8 Å². The highest BCUT2D eigenvalue weighted by molar-refractivity contribution is 14.0. The third-order valence-corrected chi connectivity index (χ3v) is 5.75. The van der Waals surface area contributed by atoms with Crippen molar-refractivity contribution < 1.29 is 4.39 Å². The molecule has 33 heavy (non-hydrogen) atoms. The van der Waals surface area contributed by atoms with Gasteiger partial charge in [-0.25, -0.2) is 9.07 Å². The van der Waals surface area contributed by atoms with E-state index in [-0.39, 0.29) is 35.6 Å². The summed E-state index contributed by atoms with van der Waals surface area (Å²) in [6, 6.07) is 8.46. The van der Waals surface area contributed by atoms with Crippen LogP contribution in [0.4, 0.5) is 10.2 Å². The van der Waals surface area contributed by atoms with Crippen LogP contribution in [0.3, 0.4) is 0 Å². The normalized spacial score (nSPS) is 15.0. The van der Waals surface area contributed by atoms with E-state index in [4.69, 9.17) is 5.73 Å². The number of rotatable bonds is 8. The lowest BCUT2D eigenvalue weighted by Crippen LogP contribution is -2.48. The van der Waals surface area contributed by atoms with E-state index in [1.807, 2.05) is 0 Å². The van der Waals surface area contributed by atoms with E-state index in [9.17, 15) is 9.65 Å². The highest BCUT2D eigenvalue weighted by atomic mass is 127. The Morgan fingerprint density at radius 2 is 2.00 bits per heavy atom. The first-order valence-electron chi connectivity index (χ1n) is 11.3. The number of guanidine groups is 1. The van der Waals surface area contributed by atoms with Crippen molar-refractivity contribution in [2.24, 2.45) is 4.99 Å². The van der Waals surface area contributed by atoms with Gasteiger partial charge >= 0.3 is 0 Å². The van der Waals surface area contributed by atoms with Crippen molar-refractivity contribution in [1.29, 1.82) is 5.26 Å². The summed E-state index contributed by atoms with van der Waals surface area (Å²) < 4.78 is 14.7. The molecule has 1 aromatic carbocycles. The summed E-state index contributed by atoms with van der Waals surface area (Å²) in [6.45, 7) is 6.33. The zero-order valence-electron chi connectivity index (χ0n) is 19.4. The van der Waals surface area contributed by atoms with E-state index in [0.717, 1.165) is 38.3 Å². The number of piperidine rings is 1. The minimum absolute atomic E-state index is 0. The number of nitrogens with one attached hydrogen (secondary N) is 2. The highest BCUT2D eigenvalue weighted by Gasteiger charge is 2.19. The minimum Gasteiger partial charge on any atom is -0.382 e. The maximum Gasteiger partial charge on any atom is 0.191 e. The summed E-state index contributed by atoms with van der Waals surface area (Å²) in [5.41, 5.74) is 7.76. The Morgan fingerprint density at radius 1 is 1.30 bits per heavy atom. The molecule has 8 nitrogen and oxygen atoms in total. The molecule has 0 aliphatic carbocycles. The van der Waals surface area contributed by atoms with E-state index >= 15 is 0 Å². The first kappa shape index (κ1) is 26.9. The smallest absolute Gasteiger partial charge is 0.191 e. The average Bonchev–Trinajstić information content (AvgIpc) is 3.12. The molecule has 0 spiro atoms. The fraction of sp³-hybridized carbons (Fsp3) is 0.522. The second-order valence-corrected chi connectivity index (χ2v) is 8.07. The molecule has 0 unspecified atom stereocenters. The van der Waals surface area contributed by atoms with Gasteiger partial charge in [0.05, 0.1) is 11.4 Å². The Kier molecular flexibility index (Phi) is 10.9. The van der Waals surface area contributed by atoms with Gasteiger partial charge in [0.15, 0.2) is 5.96 Å². The van der Waals surface area contributed by atoms with Crippen LogP contribution < -0.4 is 16.4 Å². The van der Waals surface area contributed by atoms with Gasteiger partial charge < -0.3 is 21.3 Å². The van der Waals surface area contributed by atoms with Crippen molar-refractivity contribution in [2.45, 2.75) is 45.1 Å². The van der Waals surface area contributed by atoms with Crippen LogP contribution >= 0.6 is 24.0 Å². The van der Waals surface area contributed by atoms with Gasteiger partial charge in [-0.3, -0.25) is 4.99 Å². The molecule has 2 heterocycles. The molecule has 4 N–H and O–H groups in total. The molecule has 180 valence electrons. The predicted molar refractivity (Wildman–Crippen MR) is 141 cm³/mol. The Hall–Kier alpha value is -2.39. The van der Waals surface area contributed by atoms with Crippen molar-refractivity contribution in [3.05, 3.63) is 41.3 Å². The molecule has 0 atom stereocenters. The molecule has 1 aliphatic heterocycles. The van der Waals surface area contributed by atoms with Crippen LogP contribution in [-0.4, -0.2) is 59.9 Å². The Labute approximate surface area is 212 Å². The number of nitriles is 1. The summed E-state index contributed by atoms with van der Waals surface area (Å²) >= 11 is 0. The molecule has 0 saturated carbocycles. The molecule has 3 rings (SSSR count). The van der Waals surface area contributed by atoms with E-state index in [2.05, 4.69) is 38.6 Å². The number of nitrogen functional groups attached to an aromatic ring is 1. The third-order valence-electron chi connectivity index (χ3n) is 5.75. The topological polar surface area (TPSA) is 107 Å². The van der Waals surface area contributed by atoms with Gasteiger partial charge in [0.2, 0.25) is 0 Å². The summed E-state index contributed by atoms with van der Waals surface area (Å²) in [4.78, 5) is 6.85. The molecular formula is C23H34FIN8. The van der Waals surface area contributed by atoms with Crippen molar-refractivity contribution in [2.75, 3.05) is 39.0 Å². The molecule has 1 aromatic heterocycles. The molecule has 10 heteroatoms. The number of hydrogen-bond acceptors (Lipinski definition) is 5. The molecule has 1 aliphatic rings. The van der Waals surface area contributed by atoms with E-state index in [1.54, 1.807) is 19.2 Å². The van der Waals surface area contributed by atoms with Crippen LogP contribution in [0.1, 0.15) is 43.9 Å². The maximum atomic E-state index is 13.2. The van der Waals surface area contributed by atoms with E-state index in [0.29, 0.717) is 36.0 Å². The van der Waals surface area contributed by atoms with Gasteiger partial charge in [-0.1, -0.05) is 6.92 Å². The minimum atomic E-state index is -0.334. The van der Waals surface area contributed by atoms with Crippen molar-refractivity contribution in [1.82, 2.24) is 25.3 Å². The quantitative estimate of drug-likeness (QED) is 0.196. The van der Waals surface area contributed by atoms with Crippen LogP contribution in [0, 0.1) is 17.1 Å². The summed E-state index contributed by atoms with van der Waals surface area (Å²) in [6.07, 6.45) is 4.80. The second kappa shape index (κ2) is 13.3. The van der Waals surface area contributed by atoms with Crippen LogP contribution in [0.25, 0.3) is 5.69 Å². The van der Waals surface area contributed by atoms with E-state index in [1.165, 1.54) is 29.8 Å². The van der Waals surface area contributed by atoms with Gasteiger partial charge in [-0.05, 0) is 62.9 Å². The fourth-order valence-electron chi connectivity index (χ4n) is 4.02. The number of nitrogens with zero attached hydrogens (tertiary/aromatic N) is 5. The maximum absolute atomic E-state index is 13.2. The van der Waals surface area contributed by atoms with E-state index < -0.39 is 0 Å². The fourth-order valence-corrected chi connectivity index (χ4v) is 4.02. The number of likely N-dealkylation sites (tertiary alicyclic amines) is 1. The molecule has 1 fully saturated rings.